The highest BCUT2D eigenvalue weighted by Crippen LogP contribution is 2.26. The molecule has 0 saturated carbocycles. The van der Waals surface area contributed by atoms with E-state index in [-0.39, 0.29) is 6.10 Å². The van der Waals surface area contributed by atoms with Crippen molar-refractivity contribution >= 4 is 0 Å². The van der Waals surface area contributed by atoms with Crippen LogP contribution in [0.5, 0.6) is 0 Å². The summed E-state index contributed by atoms with van der Waals surface area (Å²) in [6.07, 6.45) is 8.76. The van der Waals surface area contributed by atoms with Crippen molar-refractivity contribution in [1.82, 2.24) is 0 Å². The van der Waals surface area contributed by atoms with E-state index in [1.54, 1.807) is 0 Å². The van der Waals surface area contributed by atoms with E-state index in [1.807, 2.05) is 0 Å². The minimum Gasteiger partial charge on any atom is -0.393 e. The van der Waals surface area contributed by atoms with Crippen LogP contribution in [0.4, 0.5) is 0 Å². The van der Waals surface area contributed by atoms with Gasteiger partial charge >= 0.3 is 0 Å². The molecule has 1 aliphatic rings. The van der Waals surface area contributed by atoms with E-state index < -0.39 is 0 Å². The van der Waals surface area contributed by atoms with Crippen molar-refractivity contribution in [3.05, 3.63) is 12.2 Å². The van der Waals surface area contributed by atoms with Crippen molar-refractivity contribution in [3.8, 4) is 0 Å². The zero-order valence-corrected chi connectivity index (χ0v) is 8.16. The topological polar surface area (TPSA) is 20.2 Å². The molecule has 3 atom stereocenters. The van der Waals surface area contributed by atoms with Crippen LogP contribution in [0.15, 0.2) is 12.2 Å². The molecule has 0 heterocycles. The fourth-order valence-corrected chi connectivity index (χ4v) is 1.86. The lowest BCUT2D eigenvalue weighted by Crippen LogP contribution is -2.23. The van der Waals surface area contributed by atoms with Crippen LogP contribution in [0.25, 0.3) is 0 Å². The van der Waals surface area contributed by atoms with Gasteiger partial charge in [0.1, 0.15) is 0 Å². The van der Waals surface area contributed by atoms with E-state index in [2.05, 4.69) is 26.0 Å². The minimum atomic E-state index is -0.0984. The molecule has 0 spiro atoms. The molecule has 1 unspecified atom stereocenters. The first-order valence-electron chi connectivity index (χ1n) is 5.10. The highest BCUT2D eigenvalue weighted by Gasteiger charge is 2.22. The first kappa shape index (κ1) is 9.79. The summed E-state index contributed by atoms with van der Waals surface area (Å²) in [5.74, 6) is 1.02. The molecule has 1 rings (SSSR count). The van der Waals surface area contributed by atoms with Gasteiger partial charge in [0, 0.05) is 5.92 Å². The summed E-state index contributed by atoms with van der Waals surface area (Å²) >= 11 is 0. The third kappa shape index (κ3) is 2.34. The Bertz CT molecular complexity index is 151. The lowest BCUT2D eigenvalue weighted by molar-refractivity contribution is 0.0944. The Morgan fingerprint density at radius 1 is 1.58 bits per heavy atom. The maximum Gasteiger partial charge on any atom is 0.0605 e. The zero-order valence-electron chi connectivity index (χ0n) is 8.16. The molecule has 1 aliphatic carbocycles. The quantitative estimate of drug-likeness (QED) is 0.629. The van der Waals surface area contributed by atoms with E-state index in [0.29, 0.717) is 11.8 Å². The Hall–Kier alpha value is -0.300. The molecule has 0 aromatic carbocycles. The molecular formula is C11H20O. The predicted octanol–water partition coefficient (Wildman–Crippen LogP) is 2.75. The molecule has 12 heavy (non-hydrogen) atoms. The van der Waals surface area contributed by atoms with Crippen LogP contribution in [0.3, 0.4) is 0 Å². The Balaban J connectivity index is 2.57. The number of allylic oxidation sites excluding steroid dienone is 1. The SMILES string of the molecule is CCC(C)[C@@H]1C=CCCC[C@H]1O. The highest BCUT2D eigenvalue weighted by atomic mass is 16.3. The fraction of sp³-hybridized carbons (Fsp3) is 0.818. The van der Waals surface area contributed by atoms with Gasteiger partial charge in [0.2, 0.25) is 0 Å². The summed E-state index contributed by atoms with van der Waals surface area (Å²) in [6.45, 7) is 4.42. The first-order chi connectivity index (χ1) is 5.75. The second-order valence-corrected chi connectivity index (χ2v) is 3.89. The molecule has 0 saturated heterocycles. The van der Waals surface area contributed by atoms with Crippen LogP contribution in [0, 0.1) is 11.8 Å². The van der Waals surface area contributed by atoms with E-state index in [0.717, 1.165) is 25.7 Å². The second-order valence-electron chi connectivity index (χ2n) is 3.89. The van der Waals surface area contributed by atoms with Crippen LogP contribution < -0.4 is 0 Å². The van der Waals surface area contributed by atoms with Crippen molar-refractivity contribution in [2.24, 2.45) is 11.8 Å². The molecule has 1 N–H and O–H groups in total. The molecule has 0 radical (unpaired) electrons. The predicted molar refractivity (Wildman–Crippen MR) is 51.9 cm³/mol. The van der Waals surface area contributed by atoms with Gasteiger partial charge in [-0.2, -0.15) is 0 Å². The second kappa shape index (κ2) is 4.66. The van der Waals surface area contributed by atoms with E-state index in [4.69, 9.17) is 0 Å². The Morgan fingerprint density at radius 2 is 2.33 bits per heavy atom. The third-order valence-corrected chi connectivity index (χ3v) is 2.97. The average Bonchev–Trinajstić information content (AvgIpc) is 2.28. The van der Waals surface area contributed by atoms with Gasteiger partial charge in [0.05, 0.1) is 6.10 Å². The number of hydrogen-bond donors (Lipinski definition) is 1. The summed E-state index contributed by atoms with van der Waals surface area (Å²) < 4.78 is 0. The molecule has 0 aromatic heterocycles. The van der Waals surface area contributed by atoms with E-state index >= 15 is 0 Å². The smallest absolute Gasteiger partial charge is 0.0605 e. The van der Waals surface area contributed by atoms with Crippen LogP contribution in [-0.4, -0.2) is 11.2 Å². The molecule has 0 amide bonds. The lowest BCUT2D eigenvalue weighted by Gasteiger charge is -2.23. The summed E-state index contributed by atoms with van der Waals surface area (Å²) in [4.78, 5) is 0. The first-order valence-corrected chi connectivity index (χ1v) is 5.10. The van der Waals surface area contributed by atoms with Gasteiger partial charge in [-0.15, -0.1) is 0 Å². The van der Waals surface area contributed by atoms with Gasteiger partial charge in [-0.3, -0.25) is 0 Å². The van der Waals surface area contributed by atoms with Gasteiger partial charge < -0.3 is 5.11 Å². The summed E-state index contributed by atoms with van der Waals surface area (Å²) in [7, 11) is 0. The molecule has 0 fully saturated rings. The largest absolute Gasteiger partial charge is 0.393 e. The van der Waals surface area contributed by atoms with Gasteiger partial charge in [0.25, 0.3) is 0 Å². The Morgan fingerprint density at radius 3 is 3.00 bits per heavy atom. The van der Waals surface area contributed by atoms with Gasteiger partial charge in [-0.25, -0.2) is 0 Å². The van der Waals surface area contributed by atoms with Crippen molar-refractivity contribution in [2.75, 3.05) is 0 Å². The van der Waals surface area contributed by atoms with Crippen molar-refractivity contribution < 1.29 is 5.11 Å². The van der Waals surface area contributed by atoms with Gasteiger partial charge in [0.15, 0.2) is 0 Å². The summed E-state index contributed by atoms with van der Waals surface area (Å²) in [5, 5.41) is 9.80. The maximum atomic E-state index is 9.80. The van der Waals surface area contributed by atoms with Crippen LogP contribution >= 0.6 is 0 Å². The van der Waals surface area contributed by atoms with Crippen molar-refractivity contribution in [2.45, 2.75) is 45.6 Å². The summed E-state index contributed by atoms with van der Waals surface area (Å²) in [6, 6.07) is 0. The number of hydrogen-bond acceptors (Lipinski definition) is 1. The number of aliphatic hydroxyl groups excluding tert-OH is 1. The molecule has 0 bridgehead atoms. The number of rotatable bonds is 2. The Kier molecular flexibility index (Phi) is 3.80. The average molecular weight is 168 g/mol. The molecule has 1 nitrogen and oxygen atoms in total. The van der Waals surface area contributed by atoms with Crippen LogP contribution in [-0.2, 0) is 0 Å². The van der Waals surface area contributed by atoms with Crippen molar-refractivity contribution in [3.63, 3.8) is 0 Å². The maximum absolute atomic E-state index is 9.80. The molecule has 1 heteroatoms. The van der Waals surface area contributed by atoms with Crippen LogP contribution in [0.1, 0.15) is 39.5 Å². The van der Waals surface area contributed by atoms with Crippen LogP contribution in [0.2, 0.25) is 0 Å². The van der Waals surface area contributed by atoms with E-state index in [1.165, 1.54) is 0 Å². The summed E-state index contributed by atoms with van der Waals surface area (Å²) in [5.41, 5.74) is 0. The highest BCUT2D eigenvalue weighted by molar-refractivity contribution is 4.96. The molecule has 70 valence electrons. The number of aliphatic hydroxyl groups is 1. The standard InChI is InChI=1S/C11H20O/c1-3-9(2)10-7-5-4-6-8-11(10)12/h5,7,9-12H,3-4,6,8H2,1-2H3/t9?,10-,11+/m0/s1. The van der Waals surface area contributed by atoms with E-state index in [9.17, 15) is 5.11 Å². The van der Waals surface area contributed by atoms with Gasteiger partial charge in [-0.05, 0) is 25.2 Å². The van der Waals surface area contributed by atoms with Gasteiger partial charge in [-0.1, -0.05) is 32.4 Å². The lowest BCUT2D eigenvalue weighted by atomic mass is 9.86. The molecular weight excluding hydrogens is 148 g/mol. The fourth-order valence-electron chi connectivity index (χ4n) is 1.86. The Labute approximate surface area is 75.5 Å². The zero-order chi connectivity index (χ0) is 8.97. The monoisotopic (exact) mass is 168 g/mol. The van der Waals surface area contributed by atoms with Crippen molar-refractivity contribution in [1.29, 1.82) is 0 Å². The molecule has 0 aromatic rings. The molecule has 0 aliphatic heterocycles. The third-order valence-electron chi connectivity index (χ3n) is 2.97. The normalized spacial score (nSPS) is 32.9. The minimum absolute atomic E-state index is 0.0984.